The molecule has 0 amide bonds. The van der Waals surface area contributed by atoms with Crippen molar-refractivity contribution in [2.45, 2.75) is 38.1 Å². The van der Waals surface area contributed by atoms with Crippen LogP contribution in [0.4, 0.5) is 19.1 Å². The average molecular weight is 491 g/mol. The Bertz CT molecular complexity index is 1010. The van der Waals surface area contributed by atoms with Gasteiger partial charge >= 0.3 is 6.18 Å². The number of anilines is 1. The van der Waals surface area contributed by atoms with Gasteiger partial charge in [-0.3, -0.25) is 14.5 Å². The second kappa shape index (κ2) is 10.3. The molecule has 0 saturated carbocycles. The molecule has 0 radical (unpaired) electrons. The standard InChI is InChI=1S/C20H29F3N6O3S/c1-15(14-33(3,30)31)27(2)19-26-25-18(11-16-5-4-6-24-12-16)29(19)13-17(20(21,22)23)28-7-9-32-10-8-28/h4-6,12,15,17H,7-11,13-14H2,1-3H3. The summed E-state index contributed by atoms with van der Waals surface area (Å²) in [6.45, 7) is 2.06. The fourth-order valence-corrected chi connectivity index (χ4v) is 4.92. The summed E-state index contributed by atoms with van der Waals surface area (Å²) in [7, 11) is -1.69. The molecule has 184 valence electrons. The van der Waals surface area contributed by atoms with E-state index in [4.69, 9.17) is 4.74 Å². The van der Waals surface area contributed by atoms with Crippen LogP contribution in [0.5, 0.6) is 0 Å². The van der Waals surface area contributed by atoms with Crippen LogP contribution in [-0.4, -0.2) is 96.7 Å². The van der Waals surface area contributed by atoms with Crippen LogP contribution in [0.1, 0.15) is 18.3 Å². The lowest BCUT2D eigenvalue weighted by molar-refractivity contribution is -0.195. The highest BCUT2D eigenvalue weighted by atomic mass is 32.2. The topological polar surface area (TPSA) is 93.5 Å². The van der Waals surface area contributed by atoms with E-state index in [0.717, 1.165) is 11.8 Å². The molecule has 2 aromatic heterocycles. The van der Waals surface area contributed by atoms with Crippen molar-refractivity contribution in [1.82, 2.24) is 24.6 Å². The van der Waals surface area contributed by atoms with Crippen LogP contribution in [0, 0.1) is 0 Å². The second-order valence-electron chi connectivity index (χ2n) is 8.32. The van der Waals surface area contributed by atoms with E-state index in [1.807, 2.05) is 6.07 Å². The maximum atomic E-state index is 14.1. The Morgan fingerprint density at radius 2 is 1.94 bits per heavy atom. The number of halogens is 3. The Kier molecular flexibility index (Phi) is 7.96. The van der Waals surface area contributed by atoms with Gasteiger partial charge < -0.3 is 9.64 Å². The third-order valence-electron chi connectivity index (χ3n) is 5.63. The van der Waals surface area contributed by atoms with E-state index in [1.165, 1.54) is 9.47 Å². The molecular formula is C20H29F3N6O3S. The zero-order valence-corrected chi connectivity index (χ0v) is 19.7. The van der Waals surface area contributed by atoms with Crippen molar-refractivity contribution in [3.63, 3.8) is 0 Å². The normalized spacial score (nSPS) is 17.6. The van der Waals surface area contributed by atoms with Gasteiger partial charge in [-0.05, 0) is 18.6 Å². The largest absolute Gasteiger partial charge is 0.405 e. The van der Waals surface area contributed by atoms with E-state index in [0.29, 0.717) is 5.82 Å². The van der Waals surface area contributed by atoms with Gasteiger partial charge in [-0.1, -0.05) is 6.07 Å². The zero-order chi connectivity index (χ0) is 24.2. The lowest BCUT2D eigenvalue weighted by atomic mass is 10.2. The van der Waals surface area contributed by atoms with Gasteiger partial charge in [0, 0.05) is 51.2 Å². The summed E-state index contributed by atoms with van der Waals surface area (Å²) < 4.78 is 72.6. The van der Waals surface area contributed by atoms with Crippen molar-refractivity contribution < 1.29 is 26.3 Å². The number of hydrogen-bond acceptors (Lipinski definition) is 8. The van der Waals surface area contributed by atoms with Gasteiger partial charge in [-0.2, -0.15) is 13.2 Å². The van der Waals surface area contributed by atoms with E-state index in [9.17, 15) is 21.6 Å². The molecule has 1 aliphatic heterocycles. The number of pyridine rings is 1. The monoisotopic (exact) mass is 490 g/mol. The minimum Gasteiger partial charge on any atom is -0.379 e. The quantitative estimate of drug-likeness (QED) is 0.521. The molecule has 2 unspecified atom stereocenters. The van der Waals surface area contributed by atoms with Crippen LogP contribution < -0.4 is 4.90 Å². The predicted molar refractivity (Wildman–Crippen MR) is 117 cm³/mol. The number of alkyl halides is 3. The smallest absolute Gasteiger partial charge is 0.379 e. The van der Waals surface area contributed by atoms with Crippen LogP contribution in [0.2, 0.25) is 0 Å². The van der Waals surface area contributed by atoms with Gasteiger partial charge in [-0.15, -0.1) is 10.2 Å². The minimum absolute atomic E-state index is 0.166. The summed E-state index contributed by atoms with van der Waals surface area (Å²) in [5.74, 6) is 0.368. The molecule has 3 heterocycles. The van der Waals surface area contributed by atoms with Crippen LogP contribution in [0.3, 0.4) is 0 Å². The highest BCUT2D eigenvalue weighted by Crippen LogP contribution is 2.29. The lowest BCUT2D eigenvalue weighted by Crippen LogP contribution is -2.53. The summed E-state index contributed by atoms with van der Waals surface area (Å²) in [6, 6.07) is 1.28. The molecule has 0 spiro atoms. The first-order valence-corrected chi connectivity index (χ1v) is 12.6. The molecule has 3 rings (SSSR count). The van der Waals surface area contributed by atoms with Crippen molar-refractivity contribution in [2.75, 3.05) is 50.3 Å². The Morgan fingerprint density at radius 1 is 1.24 bits per heavy atom. The highest BCUT2D eigenvalue weighted by molar-refractivity contribution is 7.90. The predicted octanol–water partition coefficient (Wildman–Crippen LogP) is 1.40. The Balaban J connectivity index is 1.98. The Morgan fingerprint density at radius 3 is 2.52 bits per heavy atom. The fraction of sp³-hybridized carbons (Fsp3) is 0.650. The van der Waals surface area contributed by atoms with Crippen molar-refractivity contribution in [3.05, 3.63) is 35.9 Å². The first-order chi connectivity index (χ1) is 15.5. The lowest BCUT2D eigenvalue weighted by Gasteiger charge is -2.36. The van der Waals surface area contributed by atoms with E-state index >= 15 is 0 Å². The molecule has 0 aromatic carbocycles. The summed E-state index contributed by atoms with van der Waals surface area (Å²) in [5, 5.41) is 8.33. The third kappa shape index (κ3) is 6.87. The summed E-state index contributed by atoms with van der Waals surface area (Å²) in [6.07, 6.45) is 0.106. The van der Waals surface area contributed by atoms with Crippen LogP contribution in [0.25, 0.3) is 0 Å². The number of rotatable bonds is 9. The van der Waals surface area contributed by atoms with Crippen molar-refractivity contribution in [2.24, 2.45) is 0 Å². The molecule has 33 heavy (non-hydrogen) atoms. The molecule has 9 nitrogen and oxygen atoms in total. The number of hydrogen-bond donors (Lipinski definition) is 0. The number of ether oxygens (including phenoxy) is 1. The molecule has 0 N–H and O–H groups in total. The van der Waals surface area contributed by atoms with E-state index < -0.39 is 34.6 Å². The van der Waals surface area contributed by atoms with Crippen molar-refractivity contribution in [3.8, 4) is 0 Å². The van der Waals surface area contributed by atoms with Crippen LogP contribution in [0.15, 0.2) is 24.5 Å². The summed E-state index contributed by atoms with van der Waals surface area (Å²) in [5.41, 5.74) is 0.777. The number of morpholine rings is 1. The van der Waals surface area contributed by atoms with Gasteiger partial charge in [0.05, 0.1) is 25.5 Å². The van der Waals surface area contributed by atoms with E-state index in [1.54, 1.807) is 37.3 Å². The summed E-state index contributed by atoms with van der Waals surface area (Å²) >= 11 is 0. The number of aromatic nitrogens is 4. The molecule has 1 aliphatic rings. The van der Waals surface area contributed by atoms with Gasteiger partial charge in [-0.25, -0.2) is 8.42 Å². The van der Waals surface area contributed by atoms with E-state index in [2.05, 4.69) is 15.2 Å². The molecule has 2 atom stereocenters. The van der Waals surface area contributed by atoms with Gasteiger partial charge in [0.2, 0.25) is 5.95 Å². The maximum Gasteiger partial charge on any atom is 0.405 e. The van der Waals surface area contributed by atoms with Crippen molar-refractivity contribution in [1.29, 1.82) is 0 Å². The van der Waals surface area contributed by atoms with Gasteiger partial charge in [0.25, 0.3) is 0 Å². The zero-order valence-electron chi connectivity index (χ0n) is 18.9. The minimum atomic E-state index is -4.48. The van der Waals surface area contributed by atoms with Crippen LogP contribution in [-0.2, 0) is 27.5 Å². The molecule has 2 aromatic rings. The number of sulfone groups is 1. The molecule has 1 fully saturated rings. The summed E-state index contributed by atoms with van der Waals surface area (Å²) in [4.78, 5) is 6.98. The first-order valence-electron chi connectivity index (χ1n) is 10.6. The van der Waals surface area contributed by atoms with Gasteiger partial charge in [0.1, 0.15) is 21.7 Å². The molecular weight excluding hydrogens is 461 g/mol. The second-order valence-corrected chi connectivity index (χ2v) is 10.5. The molecule has 13 heteroatoms. The van der Waals surface area contributed by atoms with Crippen LogP contribution >= 0.6 is 0 Å². The average Bonchev–Trinajstić information content (AvgIpc) is 3.12. The van der Waals surface area contributed by atoms with Crippen molar-refractivity contribution >= 4 is 15.8 Å². The van der Waals surface area contributed by atoms with E-state index in [-0.39, 0.29) is 44.4 Å². The molecule has 0 aliphatic carbocycles. The SMILES string of the molecule is CC(CS(C)(=O)=O)N(C)c1nnc(Cc2cccnc2)n1CC(N1CCOCC1)C(F)(F)F. The Hall–Kier alpha value is -2.25. The fourth-order valence-electron chi connectivity index (χ4n) is 3.83. The highest BCUT2D eigenvalue weighted by Gasteiger charge is 2.45. The number of nitrogens with zero attached hydrogens (tertiary/aromatic N) is 6. The molecule has 0 bridgehead atoms. The van der Waals surface area contributed by atoms with Gasteiger partial charge in [0.15, 0.2) is 0 Å². The molecule has 1 saturated heterocycles. The first kappa shape index (κ1) is 25.4. The Labute approximate surface area is 191 Å². The third-order valence-corrected chi connectivity index (χ3v) is 6.72. The maximum absolute atomic E-state index is 14.1.